The molecule has 1 aliphatic rings. The van der Waals surface area contributed by atoms with Crippen LogP contribution in [0.15, 0.2) is 5.11 Å². The number of nitrogens with zero attached hydrogens (tertiary/aromatic N) is 3. The Labute approximate surface area is 100 Å². The second-order valence-electron chi connectivity index (χ2n) is 4.09. The number of nitrogens with one attached hydrogen (secondary N) is 1. The van der Waals surface area contributed by atoms with Crippen molar-refractivity contribution in [3.63, 3.8) is 0 Å². The summed E-state index contributed by atoms with van der Waals surface area (Å²) in [6.07, 6.45) is 1.14. The maximum atomic E-state index is 11.9. The third-order valence-electron chi connectivity index (χ3n) is 2.88. The van der Waals surface area contributed by atoms with Gasteiger partial charge in [0.05, 0.1) is 13.2 Å². The van der Waals surface area contributed by atoms with Gasteiger partial charge in [0, 0.05) is 31.0 Å². The van der Waals surface area contributed by atoms with Gasteiger partial charge in [0.2, 0.25) is 0 Å². The average molecular weight is 242 g/mol. The summed E-state index contributed by atoms with van der Waals surface area (Å²) in [5.74, 6) is -0.284. The van der Waals surface area contributed by atoms with E-state index in [9.17, 15) is 4.79 Å². The quantitative estimate of drug-likeness (QED) is 0.256. The molecule has 1 fully saturated rings. The Bertz CT molecular complexity index is 317. The second-order valence-corrected chi connectivity index (χ2v) is 4.09. The van der Waals surface area contributed by atoms with Crippen molar-refractivity contribution in [3.8, 4) is 0 Å². The van der Waals surface area contributed by atoms with Gasteiger partial charge in [-0.3, -0.25) is 4.79 Å². The molecule has 7 nitrogen and oxygen atoms in total. The summed E-state index contributed by atoms with van der Waals surface area (Å²) in [6.45, 7) is 3.20. The summed E-state index contributed by atoms with van der Waals surface area (Å²) in [5, 5.41) is 6.56. The Hall–Kier alpha value is -1.30. The number of hydrogen-bond acceptors (Lipinski definition) is 5. The SMILES string of the molecule is COC(=O)C1(NCCN=[N+]=[N-])CCOC(C)C1. The van der Waals surface area contributed by atoms with Crippen molar-refractivity contribution < 1.29 is 14.3 Å². The number of methoxy groups -OCH3 is 1. The van der Waals surface area contributed by atoms with Gasteiger partial charge in [0.15, 0.2) is 0 Å². The third kappa shape index (κ3) is 3.59. The predicted molar refractivity (Wildman–Crippen MR) is 61.4 cm³/mol. The van der Waals surface area contributed by atoms with Gasteiger partial charge in [-0.1, -0.05) is 5.11 Å². The van der Waals surface area contributed by atoms with Crippen LogP contribution in [0.4, 0.5) is 0 Å². The van der Waals surface area contributed by atoms with E-state index in [1.165, 1.54) is 7.11 Å². The van der Waals surface area contributed by atoms with Crippen molar-refractivity contribution >= 4 is 5.97 Å². The van der Waals surface area contributed by atoms with Crippen LogP contribution in [0.2, 0.25) is 0 Å². The molecule has 1 heterocycles. The molecule has 0 aromatic heterocycles. The van der Waals surface area contributed by atoms with Crippen molar-refractivity contribution in [2.75, 3.05) is 26.8 Å². The van der Waals surface area contributed by atoms with Gasteiger partial charge < -0.3 is 14.8 Å². The van der Waals surface area contributed by atoms with Crippen LogP contribution in [0.25, 0.3) is 10.4 Å². The number of carbonyl (C=O) groups excluding carboxylic acids is 1. The van der Waals surface area contributed by atoms with E-state index in [0.717, 1.165) is 0 Å². The zero-order valence-electron chi connectivity index (χ0n) is 10.2. The van der Waals surface area contributed by atoms with E-state index in [0.29, 0.717) is 32.5 Å². The summed E-state index contributed by atoms with van der Waals surface area (Å²) in [5.41, 5.74) is 7.47. The molecule has 1 rings (SSSR count). The smallest absolute Gasteiger partial charge is 0.326 e. The first-order valence-corrected chi connectivity index (χ1v) is 5.60. The maximum absolute atomic E-state index is 11.9. The molecule has 1 N–H and O–H groups in total. The van der Waals surface area contributed by atoms with E-state index in [1.54, 1.807) is 0 Å². The molecule has 1 saturated heterocycles. The van der Waals surface area contributed by atoms with E-state index in [2.05, 4.69) is 15.3 Å². The van der Waals surface area contributed by atoms with Crippen molar-refractivity contribution in [3.05, 3.63) is 10.4 Å². The molecule has 2 atom stereocenters. The fraction of sp³-hybridized carbons (Fsp3) is 0.900. The Balaban J connectivity index is 2.64. The first kappa shape index (κ1) is 13.8. The third-order valence-corrected chi connectivity index (χ3v) is 2.88. The van der Waals surface area contributed by atoms with Crippen LogP contribution in [0.5, 0.6) is 0 Å². The van der Waals surface area contributed by atoms with Crippen LogP contribution in [0.3, 0.4) is 0 Å². The number of carbonyl (C=O) groups is 1. The minimum absolute atomic E-state index is 0.00909. The molecule has 1 aliphatic heterocycles. The van der Waals surface area contributed by atoms with Gasteiger partial charge in [-0.15, -0.1) is 0 Å². The molecule has 0 aromatic carbocycles. The Morgan fingerprint density at radius 2 is 2.53 bits per heavy atom. The molecule has 0 amide bonds. The van der Waals surface area contributed by atoms with E-state index < -0.39 is 5.54 Å². The predicted octanol–water partition coefficient (Wildman–Crippen LogP) is 0.997. The lowest BCUT2D eigenvalue weighted by Gasteiger charge is -2.38. The van der Waals surface area contributed by atoms with E-state index in [1.807, 2.05) is 6.92 Å². The topological polar surface area (TPSA) is 96.3 Å². The van der Waals surface area contributed by atoms with E-state index in [4.69, 9.17) is 15.0 Å². The first-order chi connectivity index (χ1) is 8.14. The highest BCUT2D eigenvalue weighted by atomic mass is 16.5. The molecule has 7 heteroatoms. The monoisotopic (exact) mass is 242 g/mol. The van der Waals surface area contributed by atoms with Crippen LogP contribution in [0, 0.1) is 0 Å². The van der Waals surface area contributed by atoms with E-state index >= 15 is 0 Å². The highest BCUT2D eigenvalue weighted by molar-refractivity contribution is 5.81. The molecule has 17 heavy (non-hydrogen) atoms. The van der Waals surface area contributed by atoms with Crippen LogP contribution >= 0.6 is 0 Å². The summed E-state index contributed by atoms with van der Waals surface area (Å²) < 4.78 is 10.3. The molecule has 96 valence electrons. The van der Waals surface area contributed by atoms with Crippen molar-refractivity contribution in [1.82, 2.24) is 5.32 Å². The average Bonchev–Trinajstić information content (AvgIpc) is 2.34. The number of azide groups is 1. The summed E-state index contributed by atoms with van der Waals surface area (Å²) in [6, 6.07) is 0. The zero-order chi connectivity index (χ0) is 12.7. The number of hydrogen-bond donors (Lipinski definition) is 1. The van der Waals surface area contributed by atoms with Gasteiger partial charge in [-0.05, 0) is 18.9 Å². The minimum atomic E-state index is -0.711. The van der Waals surface area contributed by atoms with Gasteiger partial charge in [0.1, 0.15) is 5.54 Å². The van der Waals surface area contributed by atoms with Crippen molar-refractivity contribution in [2.24, 2.45) is 5.11 Å². The maximum Gasteiger partial charge on any atom is 0.326 e. The molecule has 0 aliphatic carbocycles. The number of rotatable bonds is 5. The standard InChI is InChI=1S/C10H18N4O3/c1-8-7-10(3-6-17-8,9(15)16-2)12-4-5-13-14-11/h8,12H,3-7H2,1-2H3. The molecule has 0 radical (unpaired) electrons. The summed E-state index contributed by atoms with van der Waals surface area (Å²) in [4.78, 5) is 14.5. The largest absolute Gasteiger partial charge is 0.468 e. The fourth-order valence-corrected chi connectivity index (χ4v) is 2.09. The summed E-state index contributed by atoms with van der Waals surface area (Å²) in [7, 11) is 1.37. The highest BCUT2D eigenvalue weighted by Gasteiger charge is 2.42. The molecule has 0 bridgehead atoms. The summed E-state index contributed by atoms with van der Waals surface area (Å²) >= 11 is 0. The van der Waals surface area contributed by atoms with Gasteiger partial charge in [-0.25, -0.2) is 0 Å². The van der Waals surface area contributed by atoms with Gasteiger partial charge >= 0.3 is 5.97 Å². The molecule has 0 spiro atoms. The lowest BCUT2D eigenvalue weighted by atomic mass is 9.87. The minimum Gasteiger partial charge on any atom is -0.468 e. The lowest BCUT2D eigenvalue weighted by molar-refractivity contribution is -0.155. The number of ether oxygens (including phenoxy) is 2. The molecule has 0 saturated carbocycles. The zero-order valence-corrected chi connectivity index (χ0v) is 10.2. The van der Waals surface area contributed by atoms with Crippen LogP contribution in [0.1, 0.15) is 19.8 Å². The second kappa shape index (κ2) is 6.44. The Kier molecular flexibility index (Phi) is 5.21. The van der Waals surface area contributed by atoms with Gasteiger partial charge in [-0.2, -0.15) is 0 Å². The molecular weight excluding hydrogens is 224 g/mol. The normalized spacial score (nSPS) is 28.2. The van der Waals surface area contributed by atoms with Crippen LogP contribution in [-0.2, 0) is 14.3 Å². The van der Waals surface area contributed by atoms with Gasteiger partial charge in [0.25, 0.3) is 0 Å². The van der Waals surface area contributed by atoms with Crippen molar-refractivity contribution in [2.45, 2.75) is 31.4 Å². The Morgan fingerprint density at radius 3 is 3.12 bits per heavy atom. The Morgan fingerprint density at radius 1 is 1.76 bits per heavy atom. The van der Waals surface area contributed by atoms with Crippen LogP contribution in [-0.4, -0.2) is 44.4 Å². The number of esters is 1. The molecule has 0 aromatic rings. The lowest BCUT2D eigenvalue weighted by Crippen LogP contribution is -2.58. The highest BCUT2D eigenvalue weighted by Crippen LogP contribution is 2.26. The molecular formula is C10H18N4O3. The van der Waals surface area contributed by atoms with Crippen LogP contribution < -0.4 is 5.32 Å². The molecule has 2 unspecified atom stereocenters. The van der Waals surface area contributed by atoms with Crippen molar-refractivity contribution in [1.29, 1.82) is 0 Å². The fourth-order valence-electron chi connectivity index (χ4n) is 2.09. The van der Waals surface area contributed by atoms with E-state index in [-0.39, 0.29) is 12.1 Å². The first-order valence-electron chi connectivity index (χ1n) is 5.60.